The summed E-state index contributed by atoms with van der Waals surface area (Å²) in [5, 5.41) is 7.42. The maximum absolute atomic E-state index is 12.3. The summed E-state index contributed by atoms with van der Waals surface area (Å²) in [6.45, 7) is 4.56. The number of aliphatic imine (C=N–C) groups is 1. The van der Waals surface area contributed by atoms with Gasteiger partial charge in [0, 0.05) is 50.4 Å². The normalized spacial score (nSPS) is 18.5. The van der Waals surface area contributed by atoms with Crippen LogP contribution in [0, 0.1) is 6.92 Å². The smallest absolute Gasteiger partial charge is 0.250 e. The van der Waals surface area contributed by atoms with Crippen molar-refractivity contribution in [2.45, 2.75) is 17.2 Å². The second kappa shape index (κ2) is 9.03. The van der Waals surface area contributed by atoms with Crippen LogP contribution in [0.4, 0.5) is 0 Å². The molecule has 0 spiro atoms. The Balaban J connectivity index is 1.50. The maximum Gasteiger partial charge on any atom is 0.250 e. The molecule has 1 saturated heterocycles. The van der Waals surface area contributed by atoms with Gasteiger partial charge in [-0.25, -0.2) is 13.1 Å². The van der Waals surface area contributed by atoms with Crippen molar-refractivity contribution in [1.82, 2.24) is 24.7 Å². The van der Waals surface area contributed by atoms with Crippen LogP contribution >= 0.6 is 11.3 Å². The molecule has 9 nitrogen and oxygen atoms in total. The van der Waals surface area contributed by atoms with Gasteiger partial charge in [0.25, 0.3) is 0 Å². The highest BCUT2D eigenvalue weighted by Gasteiger charge is 2.25. The molecule has 0 aromatic carbocycles. The molecule has 154 valence electrons. The van der Waals surface area contributed by atoms with Crippen LogP contribution in [0.3, 0.4) is 0 Å². The molecular formula is C17H26N6O3S2. The lowest BCUT2D eigenvalue weighted by Crippen LogP contribution is -2.49. The molecule has 1 atom stereocenters. The standard InChI is InChI=1S/C17H26N6O3S2/c1-13-4-5-16(27-13)28(24,25)21-7-6-19-17(18-2)23-8-9-26-15(12-23)14-10-20-22(3)11-14/h4-5,10-11,15,21H,6-9,12H2,1-3H3,(H,18,19). The van der Waals surface area contributed by atoms with Crippen molar-refractivity contribution in [1.29, 1.82) is 0 Å². The molecule has 0 radical (unpaired) electrons. The Morgan fingerprint density at radius 2 is 2.25 bits per heavy atom. The highest BCUT2D eigenvalue weighted by atomic mass is 32.2. The van der Waals surface area contributed by atoms with Gasteiger partial charge in [0.05, 0.1) is 19.3 Å². The van der Waals surface area contributed by atoms with Crippen molar-refractivity contribution in [3.05, 3.63) is 35.0 Å². The fourth-order valence-corrected chi connectivity index (χ4v) is 5.33. The lowest BCUT2D eigenvalue weighted by Gasteiger charge is -2.34. The molecule has 2 aromatic rings. The Bertz CT molecular complexity index is 921. The highest BCUT2D eigenvalue weighted by Crippen LogP contribution is 2.22. The summed E-state index contributed by atoms with van der Waals surface area (Å²) in [6, 6.07) is 3.43. The quantitative estimate of drug-likeness (QED) is 0.401. The topological polar surface area (TPSA) is 101 Å². The second-order valence-corrected chi connectivity index (χ2v) is 9.77. The van der Waals surface area contributed by atoms with Crippen LogP contribution < -0.4 is 10.0 Å². The highest BCUT2D eigenvalue weighted by molar-refractivity contribution is 7.91. The first kappa shape index (κ1) is 20.8. The Labute approximate surface area is 169 Å². The summed E-state index contributed by atoms with van der Waals surface area (Å²) in [5.41, 5.74) is 1.03. The van der Waals surface area contributed by atoms with Crippen molar-refractivity contribution in [3.63, 3.8) is 0 Å². The van der Waals surface area contributed by atoms with Crippen molar-refractivity contribution in [3.8, 4) is 0 Å². The SMILES string of the molecule is CN=C(NCCNS(=O)(=O)c1ccc(C)s1)N1CCOC(c2cnn(C)c2)C1. The lowest BCUT2D eigenvalue weighted by atomic mass is 10.1. The van der Waals surface area contributed by atoms with E-state index in [0.717, 1.165) is 22.9 Å². The molecule has 2 N–H and O–H groups in total. The number of thiophene rings is 1. The van der Waals surface area contributed by atoms with E-state index in [0.29, 0.717) is 23.9 Å². The van der Waals surface area contributed by atoms with Gasteiger partial charge in [0.15, 0.2) is 5.96 Å². The second-order valence-electron chi connectivity index (χ2n) is 6.49. The van der Waals surface area contributed by atoms with Gasteiger partial charge in [-0.15, -0.1) is 11.3 Å². The first-order chi connectivity index (χ1) is 13.4. The molecule has 1 unspecified atom stereocenters. The first-order valence-electron chi connectivity index (χ1n) is 9.01. The van der Waals surface area contributed by atoms with Gasteiger partial charge in [0.2, 0.25) is 10.0 Å². The van der Waals surface area contributed by atoms with Gasteiger partial charge in [-0.3, -0.25) is 9.67 Å². The van der Waals surface area contributed by atoms with Crippen LogP contribution in [-0.4, -0.2) is 68.9 Å². The Morgan fingerprint density at radius 3 is 2.89 bits per heavy atom. The molecule has 0 aliphatic carbocycles. The zero-order chi connectivity index (χ0) is 20.1. The largest absolute Gasteiger partial charge is 0.370 e. The minimum Gasteiger partial charge on any atom is -0.370 e. The number of rotatable bonds is 6. The summed E-state index contributed by atoms with van der Waals surface area (Å²) in [7, 11) is 0.130. The number of morpholine rings is 1. The average molecular weight is 427 g/mol. The molecule has 1 fully saturated rings. The number of ether oxygens (including phenoxy) is 1. The van der Waals surface area contributed by atoms with Gasteiger partial charge >= 0.3 is 0 Å². The third-order valence-electron chi connectivity index (χ3n) is 4.36. The van der Waals surface area contributed by atoms with E-state index in [1.807, 2.05) is 26.4 Å². The maximum atomic E-state index is 12.3. The van der Waals surface area contributed by atoms with Crippen LogP contribution in [0.1, 0.15) is 16.5 Å². The summed E-state index contributed by atoms with van der Waals surface area (Å²) in [4.78, 5) is 7.40. The van der Waals surface area contributed by atoms with Crippen LogP contribution in [0.2, 0.25) is 0 Å². The summed E-state index contributed by atoms with van der Waals surface area (Å²) >= 11 is 1.26. The van der Waals surface area contributed by atoms with Gasteiger partial charge < -0.3 is 15.0 Å². The molecule has 0 saturated carbocycles. The molecular weight excluding hydrogens is 400 g/mol. The molecule has 11 heteroatoms. The number of hydrogen-bond acceptors (Lipinski definition) is 6. The molecule has 1 aliphatic heterocycles. The number of nitrogens with zero attached hydrogens (tertiary/aromatic N) is 4. The number of guanidine groups is 1. The molecule has 3 heterocycles. The molecule has 1 aliphatic rings. The fraction of sp³-hybridized carbons (Fsp3) is 0.529. The average Bonchev–Trinajstić information content (AvgIpc) is 3.31. The Morgan fingerprint density at radius 1 is 1.43 bits per heavy atom. The molecule has 3 rings (SSSR count). The minimum absolute atomic E-state index is 0.0680. The van der Waals surface area contributed by atoms with Gasteiger partial charge in [0.1, 0.15) is 10.3 Å². The lowest BCUT2D eigenvalue weighted by molar-refractivity contribution is -0.00800. The summed E-state index contributed by atoms with van der Waals surface area (Å²) in [6.07, 6.45) is 3.69. The summed E-state index contributed by atoms with van der Waals surface area (Å²) < 4.78 is 35.1. The van der Waals surface area contributed by atoms with Crippen molar-refractivity contribution >= 4 is 27.3 Å². The Kier molecular flexibility index (Phi) is 6.70. The van der Waals surface area contributed by atoms with E-state index in [2.05, 4.69) is 25.0 Å². The van der Waals surface area contributed by atoms with Gasteiger partial charge in [-0.05, 0) is 19.1 Å². The van der Waals surface area contributed by atoms with Gasteiger partial charge in [-0.1, -0.05) is 0 Å². The van der Waals surface area contributed by atoms with Gasteiger partial charge in [-0.2, -0.15) is 5.10 Å². The van der Waals surface area contributed by atoms with Crippen LogP contribution in [-0.2, 0) is 21.8 Å². The number of sulfonamides is 1. The van der Waals surface area contributed by atoms with E-state index in [1.54, 1.807) is 23.9 Å². The fourth-order valence-electron chi connectivity index (χ4n) is 2.97. The van der Waals surface area contributed by atoms with E-state index < -0.39 is 10.0 Å². The zero-order valence-corrected chi connectivity index (χ0v) is 17.9. The van der Waals surface area contributed by atoms with Crippen LogP contribution in [0.15, 0.2) is 33.7 Å². The first-order valence-corrected chi connectivity index (χ1v) is 11.3. The summed E-state index contributed by atoms with van der Waals surface area (Å²) in [5.74, 6) is 0.725. The van der Waals surface area contributed by atoms with E-state index in [-0.39, 0.29) is 12.6 Å². The van der Waals surface area contributed by atoms with E-state index in [1.165, 1.54) is 11.3 Å². The van der Waals surface area contributed by atoms with Crippen molar-refractivity contribution in [2.75, 3.05) is 39.8 Å². The van der Waals surface area contributed by atoms with E-state index in [9.17, 15) is 8.42 Å². The number of hydrogen-bond donors (Lipinski definition) is 2. The predicted octanol–water partition coefficient (Wildman–Crippen LogP) is 0.717. The number of aromatic nitrogens is 2. The number of aryl methyl sites for hydroxylation is 2. The molecule has 2 aromatic heterocycles. The van der Waals surface area contributed by atoms with E-state index in [4.69, 9.17) is 4.74 Å². The molecule has 0 bridgehead atoms. The third kappa shape index (κ3) is 5.10. The van der Waals surface area contributed by atoms with E-state index >= 15 is 0 Å². The minimum atomic E-state index is -3.47. The van der Waals surface area contributed by atoms with Crippen LogP contribution in [0.5, 0.6) is 0 Å². The monoisotopic (exact) mass is 426 g/mol. The van der Waals surface area contributed by atoms with Crippen molar-refractivity contribution in [2.24, 2.45) is 12.0 Å². The number of nitrogens with one attached hydrogen (secondary N) is 2. The molecule has 0 amide bonds. The third-order valence-corrected chi connectivity index (χ3v) is 7.31. The zero-order valence-electron chi connectivity index (χ0n) is 16.3. The molecule has 28 heavy (non-hydrogen) atoms. The van der Waals surface area contributed by atoms with Crippen LogP contribution in [0.25, 0.3) is 0 Å². The van der Waals surface area contributed by atoms with Crippen molar-refractivity contribution < 1.29 is 13.2 Å². The predicted molar refractivity (Wildman–Crippen MR) is 109 cm³/mol. The Hall–Kier alpha value is -1.95.